The highest BCUT2D eigenvalue weighted by Crippen LogP contribution is 2.26. The summed E-state index contributed by atoms with van der Waals surface area (Å²) in [5.41, 5.74) is 1.31. The number of aromatic nitrogens is 2. The fraction of sp³-hybridized carbons (Fsp3) is 0.308. The van der Waals surface area contributed by atoms with Crippen LogP contribution in [0.4, 0.5) is 5.69 Å². The van der Waals surface area contributed by atoms with Gasteiger partial charge in [-0.05, 0) is 18.1 Å². The monoisotopic (exact) mass is 279 g/mol. The Morgan fingerprint density at radius 2 is 2.26 bits per heavy atom. The van der Waals surface area contributed by atoms with Crippen LogP contribution >= 0.6 is 11.6 Å². The van der Waals surface area contributed by atoms with Gasteiger partial charge in [0.25, 0.3) is 5.69 Å². The molecule has 0 spiro atoms. The smallest absolute Gasteiger partial charge is 0.293 e. The van der Waals surface area contributed by atoms with E-state index in [0.717, 1.165) is 24.2 Å². The number of benzene rings is 1. The van der Waals surface area contributed by atoms with E-state index < -0.39 is 0 Å². The Hall–Kier alpha value is -1.88. The number of hydrogen-bond donors (Lipinski definition) is 0. The lowest BCUT2D eigenvalue weighted by molar-refractivity contribution is -0.384. The second-order valence-corrected chi connectivity index (χ2v) is 4.44. The second-order valence-electron chi connectivity index (χ2n) is 4.18. The molecule has 0 radical (unpaired) electrons. The lowest BCUT2D eigenvalue weighted by atomic mass is 10.2. The number of nitrogens with zero attached hydrogens (tertiary/aromatic N) is 3. The molecule has 0 aliphatic rings. The van der Waals surface area contributed by atoms with Crippen molar-refractivity contribution < 1.29 is 4.92 Å². The Bertz CT molecular complexity index is 595. The third kappa shape index (κ3) is 2.76. The van der Waals surface area contributed by atoms with Crippen molar-refractivity contribution in [1.82, 2.24) is 9.55 Å². The van der Waals surface area contributed by atoms with Crippen LogP contribution < -0.4 is 0 Å². The third-order valence-electron chi connectivity index (χ3n) is 2.84. The van der Waals surface area contributed by atoms with E-state index in [9.17, 15) is 10.1 Å². The van der Waals surface area contributed by atoms with E-state index in [0.29, 0.717) is 5.69 Å². The van der Waals surface area contributed by atoms with E-state index in [-0.39, 0.29) is 16.5 Å². The summed E-state index contributed by atoms with van der Waals surface area (Å²) < 4.78 is 1.76. The van der Waals surface area contributed by atoms with Gasteiger partial charge in [0.1, 0.15) is 11.5 Å². The summed E-state index contributed by atoms with van der Waals surface area (Å²) in [5.74, 6) is 1.08. The molecule has 0 bridgehead atoms. The van der Waals surface area contributed by atoms with Gasteiger partial charge in [-0.3, -0.25) is 14.7 Å². The largest absolute Gasteiger partial charge is 0.298 e. The molecule has 2 rings (SSSR count). The predicted molar refractivity (Wildman–Crippen MR) is 73.8 cm³/mol. The standard InChI is InChI=1S/C13H14ClN3O2/c1-2-3-13-15-6-7-16(13)11-5-4-10(9-14)8-12(11)17(18)19/h4-8H,2-3,9H2,1H3. The highest BCUT2D eigenvalue weighted by Gasteiger charge is 2.17. The molecule has 0 aliphatic heterocycles. The van der Waals surface area contributed by atoms with E-state index in [1.165, 1.54) is 6.07 Å². The Morgan fingerprint density at radius 3 is 2.89 bits per heavy atom. The number of nitro groups is 1. The zero-order valence-corrected chi connectivity index (χ0v) is 11.3. The van der Waals surface area contributed by atoms with Crippen LogP contribution in [0.25, 0.3) is 5.69 Å². The summed E-state index contributed by atoms with van der Waals surface area (Å²) in [4.78, 5) is 15.0. The number of imidazole rings is 1. The Labute approximate surface area is 116 Å². The molecule has 100 valence electrons. The summed E-state index contributed by atoms with van der Waals surface area (Å²) in [5, 5.41) is 11.2. The van der Waals surface area contributed by atoms with Gasteiger partial charge in [0.2, 0.25) is 0 Å². The molecule has 5 nitrogen and oxygen atoms in total. The maximum atomic E-state index is 11.2. The third-order valence-corrected chi connectivity index (χ3v) is 3.15. The van der Waals surface area contributed by atoms with Gasteiger partial charge in [-0.15, -0.1) is 11.6 Å². The van der Waals surface area contributed by atoms with Crippen LogP contribution in [-0.4, -0.2) is 14.5 Å². The van der Waals surface area contributed by atoms with E-state index in [2.05, 4.69) is 4.98 Å². The minimum atomic E-state index is -0.388. The summed E-state index contributed by atoms with van der Waals surface area (Å²) in [7, 11) is 0. The topological polar surface area (TPSA) is 61.0 Å². The fourth-order valence-electron chi connectivity index (χ4n) is 1.96. The molecule has 19 heavy (non-hydrogen) atoms. The zero-order valence-electron chi connectivity index (χ0n) is 10.5. The summed E-state index contributed by atoms with van der Waals surface area (Å²) in [6, 6.07) is 5.03. The van der Waals surface area contributed by atoms with Crippen molar-refractivity contribution in [2.24, 2.45) is 0 Å². The molecule has 0 amide bonds. The number of hydrogen-bond acceptors (Lipinski definition) is 3. The van der Waals surface area contributed by atoms with Crippen molar-refractivity contribution in [1.29, 1.82) is 0 Å². The molecular weight excluding hydrogens is 266 g/mol. The van der Waals surface area contributed by atoms with Gasteiger partial charge in [-0.1, -0.05) is 13.0 Å². The number of rotatable bonds is 5. The second kappa shape index (κ2) is 5.84. The molecule has 0 saturated heterocycles. The normalized spacial score (nSPS) is 10.6. The first kappa shape index (κ1) is 13.5. The highest BCUT2D eigenvalue weighted by molar-refractivity contribution is 6.17. The van der Waals surface area contributed by atoms with Gasteiger partial charge < -0.3 is 0 Å². The first-order chi connectivity index (χ1) is 9.17. The lowest BCUT2D eigenvalue weighted by Crippen LogP contribution is -2.04. The Morgan fingerprint density at radius 1 is 1.47 bits per heavy atom. The molecule has 0 saturated carbocycles. The summed E-state index contributed by atoms with van der Waals surface area (Å²) in [6.45, 7) is 2.05. The molecule has 0 aliphatic carbocycles. The SMILES string of the molecule is CCCc1nccn1-c1ccc(CCl)cc1[N+](=O)[O-]. The van der Waals surface area contributed by atoms with Crippen molar-refractivity contribution in [2.45, 2.75) is 25.6 Å². The molecule has 1 aromatic carbocycles. The minimum Gasteiger partial charge on any atom is -0.298 e. The predicted octanol–water partition coefficient (Wildman–Crippen LogP) is 3.47. The lowest BCUT2D eigenvalue weighted by Gasteiger charge is -2.08. The van der Waals surface area contributed by atoms with Crippen molar-refractivity contribution in [2.75, 3.05) is 0 Å². The Balaban J connectivity index is 2.54. The average molecular weight is 280 g/mol. The molecule has 6 heteroatoms. The van der Waals surface area contributed by atoms with Crippen molar-refractivity contribution in [3.05, 3.63) is 52.1 Å². The van der Waals surface area contributed by atoms with Crippen molar-refractivity contribution in [3.8, 4) is 5.69 Å². The van der Waals surface area contributed by atoms with Crippen LogP contribution in [0.15, 0.2) is 30.6 Å². The van der Waals surface area contributed by atoms with E-state index in [1.54, 1.807) is 29.1 Å². The number of nitro benzene ring substituents is 1. The molecule has 0 fully saturated rings. The quantitative estimate of drug-likeness (QED) is 0.478. The van der Waals surface area contributed by atoms with E-state index in [4.69, 9.17) is 11.6 Å². The molecular formula is C13H14ClN3O2. The number of halogens is 1. The van der Waals surface area contributed by atoms with E-state index >= 15 is 0 Å². The number of aryl methyl sites for hydroxylation is 1. The first-order valence-electron chi connectivity index (χ1n) is 6.03. The minimum absolute atomic E-state index is 0.0495. The first-order valence-corrected chi connectivity index (χ1v) is 6.56. The van der Waals surface area contributed by atoms with Gasteiger partial charge in [0, 0.05) is 30.8 Å². The Kier molecular flexibility index (Phi) is 4.16. The molecule has 1 heterocycles. The van der Waals surface area contributed by atoms with Gasteiger partial charge in [0.05, 0.1) is 4.92 Å². The molecule has 0 atom stereocenters. The van der Waals surface area contributed by atoms with Crippen molar-refractivity contribution in [3.63, 3.8) is 0 Å². The van der Waals surface area contributed by atoms with E-state index in [1.807, 2.05) is 6.92 Å². The molecule has 2 aromatic rings. The van der Waals surface area contributed by atoms with Crippen molar-refractivity contribution >= 4 is 17.3 Å². The maximum Gasteiger partial charge on any atom is 0.293 e. The summed E-state index contributed by atoms with van der Waals surface area (Å²) >= 11 is 5.72. The van der Waals surface area contributed by atoms with Gasteiger partial charge >= 0.3 is 0 Å². The van der Waals surface area contributed by atoms with Crippen LogP contribution in [-0.2, 0) is 12.3 Å². The number of alkyl halides is 1. The maximum absolute atomic E-state index is 11.2. The van der Waals surface area contributed by atoms with Gasteiger partial charge in [-0.25, -0.2) is 4.98 Å². The van der Waals surface area contributed by atoms with Crippen LogP contribution in [0, 0.1) is 10.1 Å². The fourth-order valence-corrected chi connectivity index (χ4v) is 2.13. The summed E-state index contributed by atoms with van der Waals surface area (Å²) in [6.07, 6.45) is 5.11. The molecule has 0 unspecified atom stereocenters. The van der Waals surface area contributed by atoms with Gasteiger partial charge in [0.15, 0.2) is 0 Å². The van der Waals surface area contributed by atoms with Gasteiger partial charge in [-0.2, -0.15) is 0 Å². The average Bonchev–Trinajstić information content (AvgIpc) is 2.86. The zero-order chi connectivity index (χ0) is 13.8. The van der Waals surface area contributed by atoms with Crippen LogP contribution in [0.5, 0.6) is 0 Å². The molecule has 0 N–H and O–H groups in total. The van der Waals surface area contributed by atoms with Crippen LogP contribution in [0.1, 0.15) is 24.7 Å². The van der Waals surface area contributed by atoms with Crippen LogP contribution in [0.2, 0.25) is 0 Å². The molecule has 1 aromatic heterocycles. The highest BCUT2D eigenvalue weighted by atomic mass is 35.5. The van der Waals surface area contributed by atoms with Crippen LogP contribution in [0.3, 0.4) is 0 Å².